The van der Waals surface area contributed by atoms with Crippen molar-refractivity contribution >= 4 is 91.6 Å². The zero-order valence-corrected chi connectivity index (χ0v) is 44.5. The highest BCUT2D eigenvalue weighted by molar-refractivity contribution is 8.76. The molecule has 7 atom stereocenters. The van der Waals surface area contributed by atoms with E-state index in [-0.39, 0.29) is 62.5 Å². The molecule has 2 aromatic carbocycles. The summed E-state index contributed by atoms with van der Waals surface area (Å²) in [6, 6.07) is 6.88. The number of unbranched alkanes of at least 4 members (excludes halogenated alkanes) is 1. The largest absolute Gasteiger partial charge is 0.370 e. The minimum Gasteiger partial charge on any atom is -0.370 e. The topological polar surface area (TPSA) is 385 Å². The summed E-state index contributed by atoms with van der Waals surface area (Å²) in [5.74, 6) is -7.40. The third kappa shape index (κ3) is 18.3. The number of nitrogens with one attached hydrogen (secondary N) is 10. The molecule has 1 saturated heterocycles. The van der Waals surface area contributed by atoms with Crippen LogP contribution in [0.2, 0.25) is 0 Å². The van der Waals surface area contributed by atoms with Crippen molar-refractivity contribution in [2.24, 2.45) is 22.2 Å². The maximum atomic E-state index is 14.7. The van der Waals surface area contributed by atoms with E-state index in [0.717, 1.165) is 32.5 Å². The number of nitrogens with two attached hydrogens (primary N) is 3. The Hall–Kier alpha value is -7.61. The molecule has 76 heavy (non-hydrogen) atoms. The Balaban J connectivity index is 1.58. The van der Waals surface area contributed by atoms with Gasteiger partial charge in [0.05, 0.1) is 6.33 Å². The molecule has 24 nitrogen and oxygen atoms in total. The lowest BCUT2D eigenvalue weighted by Crippen LogP contribution is -2.63. The molecule has 3 heterocycles. The van der Waals surface area contributed by atoms with Crippen molar-refractivity contribution < 1.29 is 43.2 Å². The van der Waals surface area contributed by atoms with Crippen LogP contribution in [0.1, 0.15) is 76.6 Å². The molecule has 0 saturated carbocycles. The fourth-order valence-electron chi connectivity index (χ4n) is 8.07. The summed E-state index contributed by atoms with van der Waals surface area (Å²) in [7, 11) is 2.09. The number of rotatable bonds is 17. The lowest BCUT2D eigenvalue weighted by molar-refractivity contribution is -0.137. The van der Waals surface area contributed by atoms with Gasteiger partial charge in [-0.15, -0.1) is 0 Å². The Morgan fingerprint density at radius 3 is 2.05 bits per heavy atom. The smallest absolute Gasteiger partial charge is 0.245 e. The van der Waals surface area contributed by atoms with Crippen LogP contribution in [0.5, 0.6) is 0 Å². The number of amides is 9. The highest BCUT2D eigenvalue weighted by Gasteiger charge is 2.38. The molecule has 5 rings (SSSR count). The van der Waals surface area contributed by atoms with Crippen molar-refractivity contribution in [2.75, 3.05) is 18.1 Å². The maximum absolute atomic E-state index is 14.7. The molecule has 1 aliphatic heterocycles. The number of imidazole rings is 1. The Morgan fingerprint density at radius 1 is 0.763 bits per heavy atom. The summed E-state index contributed by atoms with van der Waals surface area (Å²) in [6.07, 6.45) is 5.86. The number of aliphatic imine (C=N–C) groups is 1. The van der Waals surface area contributed by atoms with E-state index in [1.165, 1.54) is 33.3 Å². The molecule has 0 unspecified atom stereocenters. The normalized spacial score (nSPS) is 21.8. The second kappa shape index (κ2) is 28.9. The number of benzene rings is 2. The second-order valence-electron chi connectivity index (χ2n) is 18.8. The van der Waals surface area contributed by atoms with Crippen molar-refractivity contribution in [3.8, 4) is 0 Å². The summed E-state index contributed by atoms with van der Waals surface area (Å²) in [5.41, 5.74) is 17.7. The van der Waals surface area contributed by atoms with Crippen molar-refractivity contribution in [2.45, 2.75) is 127 Å². The van der Waals surface area contributed by atoms with Gasteiger partial charge in [-0.2, -0.15) is 0 Å². The minimum atomic E-state index is -1.76. The minimum absolute atomic E-state index is 0.0487. The summed E-state index contributed by atoms with van der Waals surface area (Å²) >= 11 is 0. The Morgan fingerprint density at radius 2 is 1.39 bits per heavy atom. The maximum Gasteiger partial charge on any atom is 0.245 e. The van der Waals surface area contributed by atoms with E-state index < -0.39 is 101 Å². The van der Waals surface area contributed by atoms with Gasteiger partial charge in [-0.25, -0.2) is 4.98 Å². The van der Waals surface area contributed by atoms with E-state index >= 15 is 0 Å². The highest BCUT2D eigenvalue weighted by atomic mass is 33.1. The molecule has 0 spiro atoms. The molecule has 4 aromatic rings. The quantitative estimate of drug-likeness (QED) is 0.0271. The first-order chi connectivity index (χ1) is 36.2. The predicted molar refractivity (Wildman–Crippen MR) is 289 cm³/mol. The van der Waals surface area contributed by atoms with Crippen LogP contribution < -0.4 is 59.7 Å². The Kier molecular flexibility index (Phi) is 22.5. The van der Waals surface area contributed by atoms with Gasteiger partial charge in [0.15, 0.2) is 5.96 Å². The van der Waals surface area contributed by atoms with Crippen molar-refractivity contribution in [1.29, 1.82) is 0 Å². The zero-order valence-electron chi connectivity index (χ0n) is 42.9. The van der Waals surface area contributed by atoms with Crippen molar-refractivity contribution in [3.05, 3.63) is 90.1 Å². The van der Waals surface area contributed by atoms with E-state index in [4.69, 9.17) is 17.2 Å². The number of nitrogens with zero attached hydrogens (tertiary/aromatic N) is 2. The summed E-state index contributed by atoms with van der Waals surface area (Å²) in [6.45, 7) is 6.03. The molecule has 26 heteroatoms. The number of carbonyl (C=O) groups is 9. The predicted octanol–water partition coefficient (Wildman–Crippen LogP) is -0.649. The number of para-hydroxylation sites is 1. The van der Waals surface area contributed by atoms with E-state index in [2.05, 4.69) is 62.5 Å². The fraction of sp³-hybridized carbons (Fsp3) is 0.460. The number of carbonyl (C=O) groups excluding carboxylic acids is 9. The van der Waals surface area contributed by atoms with Gasteiger partial charge in [-0.3, -0.25) is 48.1 Å². The van der Waals surface area contributed by atoms with Gasteiger partial charge in [0.25, 0.3) is 0 Å². The molecule has 9 amide bonds. The monoisotopic (exact) mass is 1090 g/mol. The first kappa shape index (κ1) is 59.3. The van der Waals surface area contributed by atoms with Gasteiger partial charge in [0, 0.05) is 73.2 Å². The van der Waals surface area contributed by atoms with Gasteiger partial charge in [-0.1, -0.05) is 89.9 Å². The van der Waals surface area contributed by atoms with Crippen molar-refractivity contribution in [1.82, 2.24) is 57.5 Å². The molecule has 410 valence electrons. The summed E-state index contributed by atoms with van der Waals surface area (Å²) < 4.78 is 0. The van der Waals surface area contributed by atoms with Crippen LogP contribution in [0.3, 0.4) is 0 Å². The summed E-state index contributed by atoms with van der Waals surface area (Å²) in [5, 5.41) is 22.5. The van der Waals surface area contributed by atoms with Crippen LogP contribution in [0, 0.1) is 0 Å². The first-order valence-corrected chi connectivity index (χ1v) is 27.3. The van der Waals surface area contributed by atoms with Gasteiger partial charge >= 0.3 is 0 Å². The second-order valence-corrected chi connectivity index (χ2v) is 21.3. The molecular formula is C50H69N15O9S2. The number of hydrogen-bond acceptors (Lipinski definition) is 13. The van der Waals surface area contributed by atoms with Crippen LogP contribution >= 0.6 is 21.6 Å². The third-order valence-electron chi connectivity index (χ3n) is 12.2. The van der Waals surface area contributed by atoms with E-state index in [0.29, 0.717) is 29.7 Å². The SMILES string of the molecule is CCCC[C@H](NC(C)=O)C(=O)N[C@@H]1CSSC[C@@H](C(N)=O)NC(=O)[C@H](Cc2c[nH]c3ccccc23)NC(=O)[C@H](CCCN=C(N)N)NC(=O)[C@@H](Cc2ccccc2)NC(=O)[C@H](Cc2cnc[nH]2)NC(=O)C(C)(C)NC1=O. The van der Waals surface area contributed by atoms with E-state index in [9.17, 15) is 43.2 Å². The number of primary amides is 1. The lowest BCUT2D eigenvalue weighted by atomic mass is 10.0. The van der Waals surface area contributed by atoms with E-state index in [1.807, 2.05) is 31.2 Å². The molecular weight excluding hydrogens is 1020 g/mol. The molecule has 1 aliphatic rings. The van der Waals surface area contributed by atoms with Gasteiger partial charge in [0.1, 0.15) is 47.8 Å². The van der Waals surface area contributed by atoms with Crippen molar-refractivity contribution in [3.63, 3.8) is 0 Å². The summed E-state index contributed by atoms with van der Waals surface area (Å²) in [4.78, 5) is 140. The fourth-order valence-corrected chi connectivity index (χ4v) is 10.4. The highest BCUT2D eigenvalue weighted by Crippen LogP contribution is 2.25. The molecule has 0 bridgehead atoms. The Bertz CT molecular complexity index is 2680. The third-order valence-corrected chi connectivity index (χ3v) is 14.6. The number of hydrogen-bond donors (Lipinski definition) is 13. The van der Waals surface area contributed by atoms with Crippen LogP contribution in [-0.2, 0) is 62.4 Å². The molecule has 1 fully saturated rings. The number of guanidine groups is 1. The van der Waals surface area contributed by atoms with Gasteiger partial charge in [0.2, 0.25) is 53.2 Å². The Labute approximate surface area is 447 Å². The number of aromatic nitrogens is 3. The lowest BCUT2D eigenvalue weighted by Gasteiger charge is -2.31. The zero-order chi connectivity index (χ0) is 55.4. The average molecular weight is 1090 g/mol. The number of aromatic amines is 2. The van der Waals surface area contributed by atoms with Crippen LogP contribution in [0.4, 0.5) is 0 Å². The average Bonchev–Trinajstić information content (AvgIpc) is 4.05. The van der Waals surface area contributed by atoms with Gasteiger partial charge < -0.3 is 69.7 Å². The van der Waals surface area contributed by atoms with Crippen LogP contribution in [0.25, 0.3) is 10.9 Å². The molecule has 2 aromatic heterocycles. The first-order valence-electron chi connectivity index (χ1n) is 24.8. The van der Waals surface area contributed by atoms with Crippen LogP contribution in [-0.4, -0.2) is 140 Å². The van der Waals surface area contributed by atoms with E-state index in [1.54, 1.807) is 36.5 Å². The number of H-pyrrole nitrogens is 2. The molecule has 16 N–H and O–H groups in total. The van der Waals surface area contributed by atoms with Crippen LogP contribution in [0.15, 0.2) is 78.3 Å². The van der Waals surface area contributed by atoms with Gasteiger partial charge in [-0.05, 0) is 50.3 Å². The molecule has 0 aliphatic carbocycles. The molecule has 0 radical (unpaired) electrons. The number of fused-ring (bicyclic) bond motifs is 1. The standard InChI is InChI=1S/C50H69N15O9S2/c1-5-6-16-34(58-28(2)66)42(68)63-40-26-76-75-25-39(41(51)67)62-45(71)37(21-30-23-56-33-17-11-10-15-32(30)33)61-43(69)35(18-12-19-55-49(52)53)59-44(70)36(20-29-13-8-7-9-14-29)60-46(72)38(22-31-24-54-27-57-31)64-48(74)50(3,4)65-47(40)73/h7-11,13-15,17,23-24,27,34-40,56H,5-6,12,16,18-22,25-26H2,1-4H3,(H2,51,67)(H,54,57)(H,58,66)(H,59,70)(H,60,72)(H,61,69)(H,62,71)(H,63,68)(H,64,74)(H,65,73)(H4,52,53,55)/t34-,35-,36+,37-,38-,39-,40+/m0/s1.